The maximum atomic E-state index is 12.8. The summed E-state index contributed by atoms with van der Waals surface area (Å²) in [6.07, 6.45) is 1.52. The highest BCUT2D eigenvalue weighted by atomic mass is 16.5. The van der Waals surface area contributed by atoms with E-state index < -0.39 is 11.8 Å². The average molecular weight is 427 g/mol. The second kappa shape index (κ2) is 9.32. The van der Waals surface area contributed by atoms with Crippen LogP contribution in [0.5, 0.6) is 5.75 Å². The van der Waals surface area contributed by atoms with Gasteiger partial charge >= 0.3 is 0 Å². The topological polar surface area (TPSA) is 122 Å². The summed E-state index contributed by atoms with van der Waals surface area (Å²) >= 11 is 0. The molecule has 0 saturated carbocycles. The van der Waals surface area contributed by atoms with Crippen LogP contribution in [0.25, 0.3) is 17.1 Å². The van der Waals surface area contributed by atoms with E-state index in [9.17, 15) is 9.59 Å². The standard InChI is InChI=1S/C23H17N5O4/c24-14-16-8-10-18(11-9-16)32-15-22(29)25-26-23(30)20-13-19(21-7-4-12-31-21)27-28(20)17-5-2-1-3-6-17/h1-13H,15H2,(H,25,29)(H,26,30). The van der Waals surface area contributed by atoms with Crippen molar-refractivity contribution in [1.29, 1.82) is 5.26 Å². The summed E-state index contributed by atoms with van der Waals surface area (Å²) in [4.78, 5) is 24.9. The van der Waals surface area contributed by atoms with Crippen LogP contribution < -0.4 is 15.6 Å². The number of benzene rings is 2. The normalized spacial score (nSPS) is 10.2. The first-order valence-corrected chi connectivity index (χ1v) is 9.55. The SMILES string of the molecule is N#Cc1ccc(OCC(=O)NNC(=O)c2cc(-c3ccco3)nn2-c2ccccc2)cc1. The van der Waals surface area contributed by atoms with Gasteiger partial charge in [0.1, 0.15) is 17.1 Å². The van der Waals surface area contributed by atoms with E-state index in [0.717, 1.165) is 0 Å². The molecule has 2 aromatic carbocycles. The third-order valence-electron chi connectivity index (χ3n) is 4.39. The van der Waals surface area contributed by atoms with Crippen molar-refractivity contribution in [2.75, 3.05) is 6.61 Å². The largest absolute Gasteiger partial charge is 0.484 e. The van der Waals surface area contributed by atoms with Crippen molar-refractivity contribution in [2.24, 2.45) is 0 Å². The summed E-state index contributed by atoms with van der Waals surface area (Å²) in [5.41, 5.74) is 6.52. The van der Waals surface area contributed by atoms with Crippen molar-refractivity contribution in [3.05, 3.63) is 90.3 Å². The van der Waals surface area contributed by atoms with Gasteiger partial charge in [0.15, 0.2) is 12.4 Å². The zero-order valence-electron chi connectivity index (χ0n) is 16.7. The number of furan rings is 1. The summed E-state index contributed by atoms with van der Waals surface area (Å²) < 4.78 is 12.2. The van der Waals surface area contributed by atoms with Crippen molar-refractivity contribution >= 4 is 11.8 Å². The van der Waals surface area contributed by atoms with Gasteiger partial charge in [-0.2, -0.15) is 10.4 Å². The summed E-state index contributed by atoms with van der Waals surface area (Å²) in [6, 6.07) is 22.5. The van der Waals surface area contributed by atoms with Crippen LogP contribution in [-0.4, -0.2) is 28.2 Å². The molecule has 0 bridgehead atoms. The van der Waals surface area contributed by atoms with E-state index >= 15 is 0 Å². The van der Waals surface area contributed by atoms with E-state index in [1.54, 1.807) is 54.6 Å². The number of para-hydroxylation sites is 1. The maximum absolute atomic E-state index is 12.8. The highest BCUT2D eigenvalue weighted by molar-refractivity contribution is 5.95. The fourth-order valence-electron chi connectivity index (χ4n) is 2.85. The molecule has 32 heavy (non-hydrogen) atoms. The molecule has 0 radical (unpaired) electrons. The summed E-state index contributed by atoms with van der Waals surface area (Å²) in [5, 5.41) is 13.3. The number of nitrogens with zero attached hydrogens (tertiary/aromatic N) is 3. The minimum absolute atomic E-state index is 0.205. The lowest BCUT2D eigenvalue weighted by Crippen LogP contribution is -2.44. The number of carbonyl (C=O) groups excluding carboxylic acids is 2. The van der Waals surface area contributed by atoms with Crippen LogP contribution in [0.2, 0.25) is 0 Å². The van der Waals surface area contributed by atoms with E-state index in [4.69, 9.17) is 14.4 Å². The summed E-state index contributed by atoms with van der Waals surface area (Å²) in [6.45, 7) is -0.318. The predicted octanol–water partition coefficient (Wildman–Crippen LogP) is 2.84. The third kappa shape index (κ3) is 4.66. The molecule has 0 aliphatic heterocycles. The molecule has 0 spiro atoms. The van der Waals surface area contributed by atoms with Gasteiger partial charge in [-0.1, -0.05) is 18.2 Å². The molecule has 2 aromatic heterocycles. The van der Waals surface area contributed by atoms with Crippen LogP contribution in [0, 0.1) is 11.3 Å². The van der Waals surface area contributed by atoms with Crippen LogP contribution in [-0.2, 0) is 4.79 Å². The lowest BCUT2D eigenvalue weighted by Gasteiger charge is -2.10. The smallest absolute Gasteiger partial charge is 0.288 e. The Kier molecular flexibility index (Phi) is 5.95. The Hall–Kier alpha value is -4.84. The van der Waals surface area contributed by atoms with Crippen LogP contribution >= 0.6 is 0 Å². The van der Waals surface area contributed by atoms with Crippen LogP contribution in [0.1, 0.15) is 16.1 Å². The van der Waals surface area contributed by atoms with Crippen molar-refractivity contribution in [1.82, 2.24) is 20.6 Å². The Labute approximate surface area is 182 Å². The molecule has 4 rings (SSSR count). The Morgan fingerprint density at radius 3 is 2.50 bits per heavy atom. The Balaban J connectivity index is 1.43. The van der Waals surface area contributed by atoms with Gasteiger partial charge < -0.3 is 9.15 Å². The first kappa shape index (κ1) is 20.4. The Morgan fingerprint density at radius 2 is 1.81 bits per heavy atom. The molecule has 0 fully saturated rings. The Bertz CT molecular complexity index is 1260. The molecule has 2 N–H and O–H groups in total. The Morgan fingerprint density at radius 1 is 1.03 bits per heavy atom. The van der Waals surface area contributed by atoms with Crippen molar-refractivity contribution in [3.8, 4) is 29.0 Å². The lowest BCUT2D eigenvalue weighted by molar-refractivity contribution is -0.123. The molecule has 0 saturated heterocycles. The van der Waals surface area contributed by atoms with Gasteiger partial charge in [-0.05, 0) is 48.5 Å². The maximum Gasteiger partial charge on any atom is 0.288 e. The van der Waals surface area contributed by atoms with E-state index in [1.807, 2.05) is 24.3 Å². The van der Waals surface area contributed by atoms with Crippen LogP contribution in [0.3, 0.4) is 0 Å². The fourth-order valence-corrected chi connectivity index (χ4v) is 2.85. The molecule has 158 valence electrons. The number of hydrogen-bond donors (Lipinski definition) is 2. The minimum Gasteiger partial charge on any atom is -0.484 e. The molecule has 0 atom stereocenters. The number of nitriles is 1. The van der Waals surface area contributed by atoms with Crippen molar-refractivity contribution in [3.63, 3.8) is 0 Å². The summed E-state index contributed by atoms with van der Waals surface area (Å²) in [5.74, 6) is -0.185. The zero-order valence-corrected chi connectivity index (χ0v) is 16.7. The molecule has 9 heteroatoms. The van der Waals surface area contributed by atoms with E-state index in [0.29, 0.717) is 28.5 Å². The monoisotopic (exact) mass is 427 g/mol. The number of aromatic nitrogens is 2. The number of hydrogen-bond acceptors (Lipinski definition) is 6. The fraction of sp³-hybridized carbons (Fsp3) is 0.0435. The van der Waals surface area contributed by atoms with Crippen LogP contribution in [0.15, 0.2) is 83.5 Å². The second-order valence-corrected chi connectivity index (χ2v) is 6.57. The van der Waals surface area contributed by atoms with Crippen molar-refractivity contribution < 1.29 is 18.7 Å². The third-order valence-corrected chi connectivity index (χ3v) is 4.39. The first-order valence-electron chi connectivity index (χ1n) is 9.55. The summed E-state index contributed by atoms with van der Waals surface area (Å²) in [7, 11) is 0. The van der Waals surface area contributed by atoms with Gasteiger partial charge in [0.2, 0.25) is 0 Å². The van der Waals surface area contributed by atoms with Gasteiger partial charge in [0.25, 0.3) is 11.8 Å². The second-order valence-electron chi connectivity index (χ2n) is 6.57. The molecule has 4 aromatic rings. The molecule has 9 nitrogen and oxygen atoms in total. The quantitative estimate of drug-likeness (QED) is 0.456. The number of amides is 2. The number of carbonyl (C=O) groups is 2. The molecule has 2 amide bonds. The van der Waals surface area contributed by atoms with E-state index in [-0.39, 0.29) is 12.3 Å². The molecule has 2 heterocycles. The van der Waals surface area contributed by atoms with Gasteiger partial charge in [0, 0.05) is 6.07 Å². The van der Waals surface area contributed by atoms with Gasteiger partial charge in [-0.15, -0.1) is 0 Å². The minimum atomic E-state index is -0.564. The predicted molar refractivity (Wildman–Crippen MR) is 114 cm³/mol. The number of ether oxygens (including phenoxy) is 1. The average Bonchev–Trinajstić information content (AvgIpc) is 3.52. The van der Waals surface area contributed by atoms with Crippen LogP contribution in [0.4, 0.5) is 0 Å². The number of nitrogens with one attached hydrogen (secondary N) is 2. The zero-order chi connectivity index (χ0) is 22.3. The molecular weight excluding hydrogens is 410 g/mol. The number of rotatable bonds is 6. The van der Waals surface area contributed by atoms with E-state index in [2.05, 4.69) is 16.0 Å². The highest BCUT2D eigenvalue weighted by Crippen LogP contribution is 2.22. The molecule has 0 aliphatic rings. The van der Waals surface area contributed by atoms with Crippen molar-refractivity contribution in [2.45, 2.75) is 0 Å². The van der Waals surface area contributed by atoms with Gasteiger partial charge in [-0.25, -0.2) is 4.68 Å². The lowest BCUT2D eigenvalue weighted by atomic mass is 10.2. The molecular formula is C23H17N5O4. The highest BCUT2D eigenvalue weighted by Gasteiger charge is 2.19. The number of hydrazine groups is 1. The van der Waals surface area contributed by atoms with Gasteiger partial charge in [0.05, 0.1) is 23.6 Å². The first-order chi connectivity index (χ1) is 15.6. The molecule has 0 aliphatic carbocycles. The van der Waals surface area contributed by atoms with E-state index in [1.165, 1.54) is 10.9 Å². The molecule has 0 unspecified atom stereocenters. The van der Waals surface area contributed by atoms with Gasteiger partial charge in [-0.3, -0.25) is 20.4 Å².